The molecule has 0 spiro atoms. The number of nitrogens with one attached hydrogen (secondary N) is 2. The number of nitrogens with two attached hydrogens (primary N) is 1. The first kappa shape index (κ1) is 19.2. The van der Waals surface area contributed by atoms with Crippen LogP contribution in [-0.2, 0) is 4.79 Å². The molecular formula is C23H23N3O2. The molecular weight excluding hydrogens is 350 g/mol. The van der Waals surface area contributed by atoms with Crippen LogP contribution in [0.25, 0.3) is 0 Å². The molecule has 0 aliphatic rings. The van der Waals surface area contributed by atoms with Gasteiger partial charge in [-0.15, -0.1) is 0 Å². The van der Waals surface area contributed by atoms with Crippen molar-refractivity contribution in [2.75, 3.05) is 10.6 Å². The summed E-state index contributed by atoms with van der Waals surface area (Å²) in [6, 6.07) is 21.6. The van der Waals surface area contributed by atoms with Gasteiger partial charge in [0, 0.05) is 16.9 Å². The molecule has 1 atom stereocenters. The van der Waals surface area contributed by atoms with E-state index in [4.69, 9.17) is 5.73 Å². The molecule has 0 aliphatic carbocycles. The fraction of sp³-hybridized carbons (Fsp3) is 0.130. The molecule has 142 valence electrons. The van der Waals surface area contributed by atoms with Crippen LogP contribution in [0.15, 0.2) is 72.8 Å². The van der Waals surface area contributed by atoms with Crippen molar-refractivity contribution in [3.63, 3.8) is 0 Å². The lowest BCUT2D eigenvalue weighted by Crippen LogP contribution is -2.27. The minimum Gasteiger partial charge on any atom is -0.370 e. The molecule has 0 aliphatic heterocycles. The summed E-state index contributed by atoms with van der Waals surface area (Å²) >= 11 is 0. The van der Waals surface area contributed by atoms with Crippen molar-refractivity contribution in [1.29, 1.82) is 0 Å². The average Bonchev–Trinajstić information content (AvgIpc) is 2.66. The first-order chi connectivity index (χ1) is 13.4. The van der Waals surface area contributed by atoms with Gasteiger partial charge in [0.2, 0.25) is 5.91 Å². The highest BCUT2D eigenvalue weighted by molar-refractivity contribution is 5.97. The predicted octanol–water partition coefficient (Wildman–Crippen LogP) is 4.19. The number of hydrogen-bond donors (Lipinski definition) is 3. The molecule has 0 bridgehead atoms. The van der Waals surface area contributed by atoms with Crippen LogP contribution in [-0.4, -0.2) is 11.8 Å². The molecule has 0 aromatic heterocycles. The van der Waals surface area contributed by atoms with Crippen molar-refractivity contribution in [1.82, 2.24) is 0 Å². The van der Waals surface area contributed by atoms with Gasteiger partial charge in [-0.1, -0.05) is 36.4 Å². The van der Waals surface area contributed by atoms with E-state index in [0.29, 0.717) is 5.56 Å². The van der Waals surface area contributed by atoms with Crippen molar-refractivity contribution in [3.05, 3.63) is 95.1 Å². The first-order valence-corrected chi connectivity index (χ1v) is 9.03. The van der Waals surface area contributed by atoms with Crippen LogP contribution in [0.3, 0.4) is 0 Å². The topological polar surface area (TPSA) is 84.2 Å². The Bertz CT molecular complexity index is 962. The highest BCUT2D eigenvalue weighted by Gasteiger charge is 2.21. The Morgan fingerprint density at radius 3 is 2.00 bits per heavy atom. The number of amides is 2. The minimum atomic E-state index is -0.596. The zero-order valence-electron chi connectivity index (χ0n) is 15.9. The van der Waals surface area contributed by atoms with Crippen molar-refractivity contribution >= 4 is 23.2 Å². The number of rotatable bonds is 6. The second-order valence-electron chi connectivity index (χ2n) is 6.80. The summed E-state index contributed by atoms with van der Waals surface area (Å²) < 4.78 is 0. The summed E-state index contributed by atoms with van der Waals surface area (Å²) in [4.78, 5) is 24.3. The zero-order chi connectivity index (χ0) is 20.1. The van der Waals surface area contributed by atoms with E-state index in [1.807, 2.05) is 56.3 Å². The highest BCUT2D eigenvalue weighted by Crippen LogP contribution is 2.23. The number of primary amides is 1. The summed E-state index contributed by atoms with van der Waals surface area (Å²) in [5.74, 6) is -0.658. The van der Waals surface area contributed by atoms with Gasteiger partial charge in [-0.25, -0.2) is 0 Å². The lowest BCUT2D eigenvalue weighted by molar-refractivity contribution is -0.117. The van der Waals surface area contributed by atoms with Crippen molar-refractivity contribution < 1.29 is 9.59 Å². The summed E-state index contributed by atoms with van der Waals surface area (Å²) in [6.07, 6.45) is 0. The summed E-state index contributed by atoms with van der Waals surface area (Å²) in [6.45, 7) is 3.99. The molecule has 0 radical (unpaired) electrons. The zero-order valence-corrected chi connectivity index (χ0v) is 15.9. The van der Waals surface area contributed by atoms with E-state index in [-0.39, 0.29) is 5.91 Å². The molecule has 1 unspecified atom stereocenters. The minimum absolute atomic E-state index is 0.171. The molecule has 0 saturated heterocycles. The Morgan fingerprint density at radius 1 is 0.821 bits per heavy atom. The van der Waals surface area contributed by atoms with E-state index in [0.717, 1.165) is 28.1 Å². The Labute approximate surface area is 164 Å². The van der Waals surface area contributed by atoms with E-state index in [1.165, 1.54) is 0 Å². The van der Waals surface area contributed by atoms with Gasteiger partial charge < -0.3 is 16.4 Å². The van der Waals surface area contributed by atoms with Crippen LogP contribution in [0.4, 0.5) is 11.4 Å². The van der Waals surface area contributed by atoms with Crippen LogP contribution in [0.5, 0.6) is 0 Å². The number of aryl methyl sites for hydroxylation is 2. The number of anilines is 2. The van der Waals surface area contributed by atoms with Crippen LogP contribution < -0.4 is 16.4 Å². The van der Waals surface area contributed by atoms with E-state index >= 15 is 0 Å². The molecule has 28 heavy (non-hydrogen) atoms. The smallest absolute Gasteiger partial charge is 0.251 e. The van der Waals surface area contributed by atoms with Gasteiger partial charge in [-0.2, -0.15) is 0 Å². The van der Waals surface area contributed by atoms with Crippen molar-refractivity contribution in [2.24, 2.45) is 5.73 Å². The molecule has 2 amide bonds. The summed E-state index contributed by atoms with van der Waals surface area (Å²) in [7, 11) is 0. The second-order valence-corrected chi connectivity index (χ2v) is 6.80. The first-order valence-electron chi connectivity index (χ1n) is 9.03. The van der Waals surface area contributed by atoms with E-state index in [9.17, 15) is 9.59 Å². The standard InChI is InChI=1S/C23H23N3O2/c1-15-12-16(2)14-20(13-15)26-23(28)21(17-6-4-3-5-7-17)25-19-10-8-18(9-11-19)22(24)27/h3-14,21,25H,1-2H3,(H2,24,27)(H,26,28). The lowest BCUT2D eigenvalue weighted by atomic mass is 10.0. The maximum absolute atomic E-state index is 13.1. The van der Waals surface area contributed by atoms with Crippen LogP contribution >= 0.6 is 0 Å². The molecule has 4 N–H and O–H groups in total. The lowest BCUT2D eigenvalue weighted by Gasteiger charge is -2.20. The molecule has 3 rings (SSSR count). The fourth-order valence-electron chi connectivity index (χ4n) is 3.10. The molecule has 5 nitrogen and oxygen atoms in total. The normalized spacial score (nSPS) is 11.5. The number of carbonyl (C=O) groups is 2. The van der Waals surface area contributed by atoms with Gasteiger partial charge in [0.05, 0.1) is 0 Å². The molecule has 3 aromatic rings. The Morgan fingerprint density at radius 2 is 1.43 bits per heavy atom. The van der Waals surface area contributed by atoms with Crippen LogP contribution in [0.2, 0.25) is 0 Å². The van der Waals surface area contributed by atoms with Gasteiger partial charge in [-0.3, -0.25) is 9.59 Å². The van der Waals surface area contributed by atoms with E-state index in [2.05, 4.69) is 16.7 Å². The fourth-order valence-corrected chi connectivity index (χ4v) is 3.10. The quantitative estimate of drug-likeness (QED) is 0.606. The van der Waals surface area contributed by atoms with Crippen molar-refractivity contribution in [3.8, 4) is 0 Å². The van der Waals surface area contributed by atoms with Gasteiger partial charge in [-0.05, 0) is 66.9 Å². The molecule has 5 heteroatoms. The molecule has 0 heterocycles. The third-order valence-electron chi connectivity index (χ3n) is 4.36. The summed E-state index contributed by atoms with van der Waals surface area (Å²) in [5, 5.41) is 6.24. The Hall–Kier alpha value is -3.60. The predicted molar refractivity (Wildman–Crippen MR) is 112 cm³/mol. The SMILES string of the molecule is Cc1cc(C)cc(NC(=O)C(Nc2ccc(C(N)=O)cc2)c2ccccc2)c1. The monoisotopic (exact) mass is 373 g/mol. The molecule has 3 aromatic carbocycles. The average molecular weight is 373 g/mol. The van der Waals surface area contributed by atoms with E-state index in [1.54, 1.807) is 24.3 Å². The third-order valence-corrected chi connectivity index (χ3v) is 4.36. The number of hydrogen-bond acceptors (Lipinski definition) is 3. The van der Waals surface area contributed by atoms with Gasteiger partial charge in [0.1, 0.15) is 6.04 Å². The molecule has 0 saturated carbocycles. The number of benzene rings is 3. The summed E-state index contributed by atoms with van der Waals surface area (Å²) in [5.41, 5.74) is 10.2. The van der Waals surface area contributed by atoms with Crippen molar-refractivity contribution in [2.45, 2.75) is 19.9 Å². The Balaban J connectivity index is 1.86. The van der Waals surface area contributed by atoms with Crippen LogP contribution in [0, 0.1) is 13.8 Å². The van der Waals surface area contributed by atoms with Crippen LogP contribution in [0.1, 0.15) is 33.1 Å². The number of carbonyl (C=O) groups excluding carboxylic acids is 2. The third kappa shape index (κ3) is 4.76. The molecule has 0 fully saturated rings. The Kier molecular flexibility index (Phi) is 5.75. The van der Waals surface area contributed by atoms with Gasteiger partial charge >= 0.3 is 0 Å². The largest absolute Gasteiger partial charge is 0.370 e. The van der Waals surface area contributed by atoms with Gasteiger partial charge in [0.15, 0.2) is 0 Å². The maximum atomic E-state index is 13.1. The highest BCUT2D eigenvalue weighted by atomic mass is 16.2. The maximum Gasteiger partial charge on any atom is 0.251 e. The van der Waals surface area contributed by atoms with E-state index < -0.39 is 11.9 Å². The van der Waals surface area contributed by atoms with Gasteiger partial charge in [0.25, 0.3) is 5.91 Å². The second kappa shape index (κ2) is 8.39.